The molecule has 0 aliphatic heterocycles. The average Bonchev–Trinajstić information content (AvgIpc) is 2.90. The molecule has 1 heterocycles. The van der Waals surface area contributed by atoms with Crippen molar-refractivity contribution >= 4 is 34.6 Å². The zero-order chi connectivity index (χ0) is 15.4. The normalized spacial score (nSPS) is 11.7. The topological polar surface area (TPSA) is 74.7 Å². The second kappa shape index (κ2) is 6.82. The summed E-state index contributed by atoms with van der Waals surface area (Å²) in [6, 6.07) is 5.90. The number of hydrogen-bond donors (Lipinski definition) is 2. The lowest BCUT2D eigenvalue weighted by atomic mass is 10.1. The summed E-state index contributed by atoms with van der Waals surface area (Å²) in [5.41, 5.74) is 8.54. The number of anilines is 1. The fraction of sp³-hybridized carbons (Fsp3) is 0.286. The number of oxime groups is 1. The Bertz CT molecular complexity index is 654. The van der Waals surface area contributed by atoms with Gasteiger partial charge >= 0.3 is 0 Å². The van der Waals surface area contributed by atoms with E-state index in [2.05, 4.69) is 15.0 Å². The Balaban J connectivity index is 2.38. The number of rotatable bonds is 5. The summed E-state index contributed by atoms with van der Waals surface area (Å²) in [5.74, 6) is 0.122. The van der Waals surface area contributed by atoms with Gasteiger partial charge in [0.05, 0.1) is 22.8 Å². The first-order chi connectivity index (χ1) is 10.1. The molecule has 5 nitrogen and oxygen atoms in total. The van der Waals surface area contributed by atoms with Crippen LogP contribution in [-0.2, 0) is 6.54 Å². The van der Waals surface area contributed by atoms with Gasteiger partial charge < -0.3 is 15.8 Å². The summed E-state index contributed by atoms with van der Waals surface area (Å²) in [5, 5.41) is 15.3. The number of thiazole rings is 1. The molecule has 0 aliphatic carbocycles. The van der Waals surface area contributed by atoms with Crippen LogP contribution >= 0.6 is 23.1 Å². The van der Waals surface area contributed by atoms with Gasteiger partial charge in [0.25, 0.3) is 0 Å². The third kappa shape index (κ3) is 3.48. The highest BCUT2D eigenvalue weighted by Crippen LogP contribution is 2.30. The van der Waals surface area contributed by atoms with E-state index in [1.54, 1.807) is 23.1 Å². The minimum Gasteiger partial charge on any atom is -0.409 e. The van der Waals surface area contributed by atoms with Crippen LogP contribution in [0.1, 0.15) is 16.3 Å². The SMILES string of the molecule is CSc1cccc(N(C)Cc2csc(C)n2)c1/C(N)=N/O. The lowest BCUT2D eigenvalue weighted by molar-refractivity contribution is 0.318. The number of benzene rings is 1. The third-order valence-electron chi connectivity index (χ3n) is 3.07. The maximum Gasteiger partial charge on any atom is 0.173 e. The van der Waals surface area contributed by atoms with Gasteiger partial charge in [-0.1, -0.05) is 11.2 Å². The molecule has 0 saturated carbocycles. The molecular weight excluding hydrogens is 304 g/mol. The van der Waals surface area contributed by atoms with Crippen LogP contribution in [-0.4, -0.2) is 29.3 Å². The molecule has 2 aromatic rings. The van der Waals surface area contributed by atoms with Gasteiger partial charge in [-0.3, -0.25) is 0 Å². The molecule has 0 amide bonds. The quantitative estimate of drug-likeness (QED) is 0.291. The van der Waals surface area contributed by atoms with Crippen molar-refractivity contribution in [3.63, 3.8) is 0 Å². The van der Waals surface area contributed by atoms with E-state index in [4.69, 9.17) is 10.9 Å². The van der Waals surface area contributed by atoms with Crippen LogP contribution in [0.3, 0.4) is 0 Å². The van der Waals surface area contributed by atoms with E-state index in [0.29, 0.717) is 6.54 Å². The number of amidine groups is 1. The first-order valence-corrected chi connectivity index (χ1v) is 8.44. The predicted molar refractivity (Wildman–Crippen MR) is 89.7 cm³/mol. The van der Waals surface area contributed by atoms with Gasteiger partial charge in [0.15, 0.2) is 5.84 Å². The molecule has 0 saturated heterocycles. The van der Waals surface area contributed by atoms with Gasteiger partial charge in [0.1, 0.15) is 0 Å². The largest absolute Gasteiger partial charge is 0.409 e. The average molecular weight is 322 g/mol. The summed E-state index contributed by atoms with van der Waals surface area (Å²) in [4.78, 5) is 7.51. The highest BCUT2D eigenvalue weighted by atomic mass is 32.2. The summed E-state index contributed by atoms with van der Waals surface area (Å²) < 4.78 is 0. The van der Waals surface area contributed by atoms with Crippen molar-refractivity contribution in [2.24, 2.45) is 10.9 Å². The monoisotopic (exact) mass is 322 g/mol. The molecule has 0 radical (unpaired) electrons. The number of aromatic nitrogens is 1. The number of aryl methyl sites for hydroxylation is 1. The van der Waals surface area contributed by atoms with Crippen molar-refractivity contribution < 1.29 is 5.21 Å². The molecular formula is C14H18N4OS2. The van der Waals surface area contributed by atoms with E-state index in [1.165, 1.54) is 0 Å². The Morgan fingerprint density at radius 2 is 2.29 bits per heavy atom. The molecule has 1 aromatic heterocycles. The van der Waals surface area contributed by atoms with Crippen LogP contribution < -0.4 is 10.6 Å². The van der Waals surface area contributed by atoms with E-state index in [9.17, 15) is 0 Å². The molecule has 0 fully saturated rings. The molecule has 0 unspecified atom stereocenters. The Morgan fingerprint density at radius 1 is 1.52 bits per heavy atom. The minimum absolute atomic E-state index is 0.122. The minimum atomic E-state index is 0.122. The van der Waals surface area contributed by atoms with Gasteiger partial charge in [-0.2, -0.15) is 0 Å². The zero-order valence-electron chi connectivity index (χ0n) is 12.2. The Morgan fingerprint density at radius 3 is 2.86 bits per heavy atom. The standard InChI is InChI=1S/C14H18N4OS2/c1-9-16-10(8-21-9)7-18(2)11-5-4-6-12(20-3)13(11)14(15)17-19/h4-6,8,19H,7H2,1-3H3,(H2,15,17). The fourth-order valence-electron chi connectivity index (χ4n) is 2.12. The molecule has 7 heteroatoms. The van der Waals surface area contributed by atoms with E-state index >= 15 is 0 Å². The molecule has 2 rings (SSSR count). The molecule has 3 N–H and O–H groups in total. The molecule has 1 aromatic carbocycles. The van der Waals surface area contributed by atoms with Crippen LogP contribution in [0.15, 0.2) is 33.6 Å². The molecule has 0 aliphatic rings. The smallest absolute Gasteiger partial charge is 0.173 e. The number of thioether (sulfide) groups is 1. The van der Waals surface area contributed by atoms with E-state index in [1.807, 2.05) is 43.8 Å². The van der Waals surface area contributed by atoms with Crippen LogP contribution in [0.2, 0.25) is 0 Å². The van der Waals surface area contributed by atoms with Crippen LogP contribution in [0, 0.1) is 6.92 Å². The van der Waals surface area contributed by atoms with Gasteiger partial charge in [-0.05, 0) is 25.3 Å². The summed E-state index contributed by atoms with van der Waals surface area (Å²) in [6.45, 7) is 2.66. The zero-order valence-corrected chi connectivity index (χ0v) is 13.8. The summed E-state index contributed by atoms with van der Waals surface area (Å²) in [7, 11) is 1.97. The van der Waals surface area contributed by atoms with Crippen molar-refractivity contribution in [1.82, 2.24) is 4.98 Å². The van der Waals surface area contributed by atoms with Crippen LogP contribution in [0.5, 0.6) is 0 Å². The first-order valence-electron chi connectivity index (χ1n) is 6.33. The maximum absolute atomic E-state index is 9.03. The van der Waals surface area contributed by atoms with E-state index in [-0.39, 0.29) is 5.84 Å². The van der Waals surface area contributed by atoms with Crippen LogP contribution in [0.25, 0.3) is 0 Å². The summed E-state index contributed by atoms with van der Waals surface area (Å²) >= 11 is 3.20. The first kappa shape index (κ1) is 15.7. The Hall–Kier alpha value is -1.73. The van der Waals surface area contributed by atoms with Gasteiger partial charge in [-0.15, -0.1) is 23.1 Å². The maximum atomic E-state index is 9.03. The highest BCUT2D eigenvalue weighted by Gasteiger charge is 2.16. The second-order valence-corrected chi connectivity index (χ2v) is 6.46. The Labute approximate surface area is 132 Å². The van der Waals surface area contributed by atoms with Crippen molar-refractivity contribution in [2.75, 3.05) is 18.2 Å². The molecule has 0 bridgehead atoms. The number of nitrogens with two attached hydrogens (primary N) is 1. The molecule has 0 spiro atoms. The molecule has 0 atom stereocenters. The molecule has 21 heavy (non-hydrogen) atoms. The molecule has 112 valence electrons. The fourth-order valence-corrected chi connectivity index (χ4v) is 3.36. The van der Waals surface area contributed by atoms with E-state index < -0.39 is 0 Å². The Kier molecular flexibility index (Phi) is 5.08. The van der Waals surface area contributed by atoms with Crippen molar-refractivity contribution in [3.05, 3.63) is 39.8 Å². The van der Waals surface area contributed by atoms with Gasteiger partial charge in [-0.25, -0.2) is 4.98 Å². The number of nitrogens with zero attached hydrogens (tertiary/aromatic N) is 3. The lowest BCUT2D eigenvalue weighted by Gasteiger charge is -2.22. The number of hydrogen-bond acceptors (Lipinski definition) is 6. The highest BCUT2D eigenvalue weighted by molar-refractivity contribution is 7.98. The van der Waals surface area contributed by atoms with Crippen LogP contribution in [0.4, 0.5) is 5.69 Å². The van der Waals surface area contributed by atoms with Gasteiger partial charge in [0.2, 0.25) is 0 Å². The van der Waals surface area contributed by atoms with Crippen molar-refractivity contribution in [2.45, 2.75) is 18.4 Å². The lowest BCUT2D eigenvalue weighted by Crippen LogP contribution is -2.23. The second-order valence-electron chi connectivity index (χ2n) is 4.55. The van der Waals surface area contributed by atoms with Gasteiger partial charge in [0, 0.05) is 23.0 Å². The third-order valence-corrected chi connectivity index (χ3v) is 4.67. The van der Waals surface area contributed by atoms with Crippen molar-refractivity contribution in [1.29, 1.82) is 0 Å². The summed E-state index contributed by atoms with van der Waals surface area (Å²) in [6.07, 6.45) is 1.97. The van der Waals surface area contributed by atoms with E-state index in [0.717, 1.165) is 26.8 Å². The predicted octanol–water partition coefficient (Wildman–Crippen LogP) is 2.90. The van der Waals surface area contributed by atoms with Crippen molar-refractivity contribution in [3.8, 4) is 0 Å².